The number of pyridine rings is 1. The second-order valence-electron chi connectivity index (χ2n) is 4.84. The summed E-state index contributed by atoms with van der Waals surface area (Å²) in [4.78, 5) is 18.8. The molecule has 2 aromatic rings. The number of anilines is 1. The van der Waals surface area contributed by atoms with Crippen LogP contribution in [0.5, 0.6) is 11.5 Å². The van der Waals surface area contributed by atoms with E-state index in [0.717, 1.165) is 5.56 Å². The van der Waals surface area contributed by atoms with Crippen LogP contribution in [0.2, 0.25) is 0 Å². The van der Waals surface area contributed by atoms with E-state index < -0.39 is 0 Å². The van der Waals surface area contributed by atoms with Gasteiger partial charge in [0.1, 0.15) is 11.5 Å². The Bertz CT molecular complexity index is 822. The first-order valence-corrected chi connectivity index (χ1v) is 8.26. The minimum Gasteiger partial charge on any atom is -0.497 e. The van der Waals surface area contributed by atoms with Crippen LogP contribution in [-0.4, -0.2) is 29.4 Å². The number of benzene rings is 1. The number of ether oxygens (including phenoxy) is 2. The van der Waals surface area contributed by atoms with E-state index in [1.807, 2.05) is 12.1 Å². The fourth-order valence-corrected chi connectivity index (χ4v) is 3.55. The summed E-state index contributed by atoms with van der Waals surface area (Å²) >= 11 is 6.60. The van der Waals surface area contributed by atoms with E-state index >= 15 is 0 Å². The molecule has 7 heteroatoms. The molecule has 0 atom stereocenters. The molecule has 0 unspecified atom stereocenters. The molecule has 0 bridgehead atoms. The SMILES string of the molecule is COc1ccc(/C=C2\SC(=S)N(c3cccnc3)C2=O)c(OC)c1. The lowest BCUT2D eigenvalue weighted by Crippen LogP contribution is -2.27. The number of hydrogen-bond acceptors (Lipinski definition) is 6. The lowest BCUT2D eigenvalue weighted by molar-refractivity contribution is -0.113. The molecule has 0 saturated carbocycles. The van der Waals surface area contributed by atoms with Gasteiger partial charge in [-0.05, 0) is 30.3 Å². The van der Waals surface area contributed by atoms with E-state index in [1.165, 1.54) is 16.7 Å². The van der Waals surface area contributed by atoms with Crippen LogP contribution in [0.25, 0.3) is 6.08 Å². The molecule has 1 aromatic carbocycles. The van der Waals surface area contributed by atoms with E-state index in [9.17, 15) is 4.79 Å². The molecular formula is C17H14N2O3S2. The molecule has 122 valence electrons. The van der Waals surface area contributed by atoms with Gasteiger partial charge in [-0.3, -0.25) is 14.7 Å². The molecule has 1 aromatic heterocycles. The molecule has 0 spiro atoms. The average Bonchev–Trinajstić information content (AvgIpc) is 2.89. The summed E-state index contributed by atoms with van der Waals surface area (Å²) in [5, 5.41) is 0. The Labute approximate surface area is 149 Å². The molecule has 0 aliphatic carbocycles. The molecule has 1 amide bonds. The maximum absolute atomic E-state index is 12.7. The van der Waals surface area contributed by atoms with Gasteiger partial charge in [0.2, 0.25) is 0 Å². The van der Waals surface area contributed by atoms with Crippen molar-refractivity contribution in [3.8, 4) is 11.5 Å². The summed E-state index contributed by atoms with van der Waals surface area (Å²) in [6.07, 6.45) is 5.04. The Morgan fingerprint density at radius 2 is 2.08 bits per heavy atom. The molecular weight excluding hydrogens is 344 g/mol. The predicted molar refractivity (Wildman–Crippen MR) is 99.4 cm³/mol. The first kappa shape index (κ1) is 16.5. The van der Waals surface area contributed by atoms with Crippen LogP contribution in [0, 0.1) is 0 Å². The van der Waals surface area contributed by atoms with Gasteiger partial charge in [-0.1, -0.05) is 24.0 Å². The van der Waals surface area contributed by atoms with Crippen molar-refractivity contribution < 1.29 is 14.3 Å². The molecule has 1 fully saturated rings. The first-order chi connectivity index (χ1) is 11.6. The highest BCUT2D eigenvalue weighted by molar-refractivity contribution is 8.27. The smallest absolute Gasteiger partial charge is 0.270 e. The summed E-state index contributed by atoms with van der Waals surface area (Å²) < 4.78 is 11.0. The van der Waals surface area contributed by atoms with Crippen molar-refractivity contribution in [3.05, 3.63) is 53.2 Å². The number of carbonyl (C=O) groups is 1. The number of hydrogen-bond donors (Lipinski definition) is 0. The van der Waals surface area contributed by atoms with E-state index in [4.69, 9.17) is 21.7 Å². The summed E-state index contributed by atoms with van der Waals surface area (Å²) in [5.41, 5.74) is 1.44. The van der Waals surface area contributed by atoms with Crippen LogP contribution in [-0.2, 0) is 4.79 Å². The van der Waals surface area contributed by atoms with Gasteiger partial charge in [-0.2, -0.15) is 0 Å². The number of thioether (sulfide) groups is 1. The minimum atomic E-state index is -0.170. The van der Waals surface area contributed by atoms with Gasteiger partial charge in [-0.25, -0.2) is 0 Å². The number of thiocarbonyl (C=S) groups is 1. The zero-order valence-corrected chi connectivity index (χ0v) is 14.7. The van der Waals surface area contributed by atoms with Gasteiger partial charge in [0, 0.05) is 17.8 Å². The molecule has 1 saturated heterocycles. The Kier molecular flexibility index (Phi) is 4.82. The number of carbonyl (C=O) groups excluding carboxylic acids is 1. The quantitative estimate of drug-likeness (QED) is 0.616. The highest BCUT2D eigenvalue weighted by Crippen LogP contribution is 2.37. The molecule has 0 N–H and O–H groups in total. The van der Waals surface area contributed by atoms with Gasteiger partial charge in [0.25, 0.3) is 5.91 Å². The molecule has 1 aliphatic rings. The maximum atomic E-state index is 12.7. The standard InChI is InChI=1S/C17H14N2O3S2/c1-21-13-6-5-11(14(9-13)22-2)8-15-16(20)19(17(23)24-15)12-4-3-7-18-10-12/h3-10H,1-2H3/b15-8-. The fourth-order valence-electron chi connectivity index (χ4n) is 2.26. The van der Waals surface area contributed by atoms with Gasteiger partial charge >= 0.3 is 0 Å². The topological polar surface area (TPSA) is 51.7 Å². The minimum absolute atomic E-state index is 0.170. The van der Waals surface area contributed by atoms with Crippen molar-refractivity contribution in [2.24, 2.45) is 0 Å². The van der Waals surface area contributed by atoms with Gasteiger partial charge in [0.15, 0.2) is 4.32 Å². The highest BCUT2D eigenvalue weighted by atomic mass is 32.2. The third-order valence-electron chi connectivity index (χ3n) is 3.43. The van der Waals surface area contributed by atoms with Crippen molar-refractivity contribution in [1.29, 1.82) is 0 Å². The Balaban J connectivity index is 1.95. The van der Waals surface area contributed by atoms with Crippen LogP contribution in [0.4, 0.5) is 5.69 Å². The summed E-state index contributed by atoms with van der Waals surface area (Å²) in [5.74, 6) is 1.14. The lowest BCUT2D eigenvalue weighted by Gasteiger charge is -2.13. The van der Waals surface area contributed by atoms with Gasteiger partial charge < -0.3 is 9.47 Å². The zero-order valence-electron chi connectivity index (χ0n) is 13.1. The van der Waals surface area contributed by atoms with Crippen LogP contribution in [0.3, 0.4) is 0 Å². The van der Waals surface area contributed by atoms with E-state index in [1.54, 1.807) is 50.9 Å². The van der Waals surface area contributed by atoms with Crippen molar-refractivity contribution in [3.63, 3.8) is 0 Å². The Morgan fingerprint density at radius 3 is 2.75 bits per heavy atom. The largest absolute Gasteiger partial charge is 0.497 e. The zero-order chi connectivity index (χ0) is 17.1. The summed E-state index contributed by atoms with van der Waals surface area (Å²) in [6, 6.07) is 9.00. The first-order valence-electron chi connectivity index (χ1n) is 7.04. The van der Waals surface area contributed by atoms with Crippen molar-refractivity contribution in [2.75, 3.05) is 19.1 Å². The third kappa shape index (κ3) is 3.13. The fraction of sp³-hybridized carbons (Fsp3) is 0.118. The van der Waals surface area contributed by atoms with Crippen LogP contribution in [0.15, 0.2) is 47.6 Å². The molecule has 0 radical (unpaired) electrons. The molecule has 3 rings (SSSR count). The summed E-state index contributed by atoms with van der Waals surface area (Å²) in [6.45, 7) is 0. The molecule has 2 heterocycles. The van der Waals surface area contributed by atoms with E-state index in [0.29, 0.717) is 26.4 Å². The number of methoxy groups -OCH3 is 2. The van der Waals surface area contributed by atoms with Crippen LogP contribution in [0.1, 0.15) is 5.56 Å². The Morgan fingerprint density at radius 1 is 1.25 bits per heavy atom. The molecule has 1 aliphatic heterocycles. The van der Waals surface area contributed by atoms with E-state index in [2.05, 4.69) is 4.98 Å². The lowest BCUT2D eigenvalue weighted by atomic mass is 10.1. The van der Waals surface area contributed by atoms with Crippen molar-refractivity contribution >= 4 is 46.0 Å². The monoisotopic (exact) mass is 358 g/mol. The normalized spacial score (nSPS) is 15.9. The number of aromatic nitrogens is 1. The highest BCUT2D eigenvalue weighted by Gasteiger charge is 2.33. The number of nitrogens with zero attached hydrogens (tertiary/aromatic N) is 2. The Hall–Kier alpha value is -2.38. The maximum Gasteiger partial charge on any atom is 0.270 e. The summed E-state index contributed by atoms with van der Waals surface area (Å²) in [7, 11) is 3.17. The number of rotatable bonds is 4. The van der Waals surface area contributed by atoms with E-state index in [-0.39, 0.29) is 5.91 Å². The van der Waals surface area contributed by atoms with Crippen molar-refractivity contribution in [1.82, 2.24) is 4.98 Å². The third-order valence-corrected chi connectivity index (χ3v) is 4.73. The van der Waals surface area contributed by atoms with Crippen molar-refractivity contribution in [2.45, 2.75) is 0 Å². The average molecular weight is 358 g/mol. The molecule has 24 heavy (non-hydrogen) atoms. The number of amides is 1. The van der Waals surface area contributed by atoms with Crippen LogP contribution < -0.4 is 14.4 Å². The second-order valence-corrected chi connectivity index (χ2v) is 6.51. The second kappa shape index (κ2) is 7.02. The predicted octanol–water partition coefficient (Wildman–Crippen LogP) is 3.50. The van der Waals surface area contributed by atoms with Crippen LogP contribution >= 0.6 is 24.0 Å². The van der Waals surface area contributed by atoms with Gasteiger partial charge in [0.05, 0.1) is 31.0 Å². The molecule has 5 nitrogen and oxygen atoms in total. The van der Waals surface area contributed by atoms with Gasteiger partial charge in [-0.15, -0.1) is 0 Å².